The number of hydrogen-bond acceptors (Lipinski definition) is 4. The van der Waals surface area contributed by atoms with Gasteiger partial charge in [0.05, 0.1) is 23.3 Å². The van der Waals surface area contributed by atoms with E-state index in [2.05, 4.69) is 46.9 Å². The normalized spacial score (nSPS) is 15.9. The smallest absolute Gasteiger partial charge is 0.286 e. The third-order valence-corrected chi connectivity index (χ3v) is 5.13. The molecule has 1 saturated heterocycles. The maximum absolute atomic E-state index is 13.5. The van der Waals surface area contributed by atoms with E-state index >= 15 is 0 Å². The first kappa shape index (κ1) is 25.3. The molecule has 2 heterocycles. The van der Waals surface area contributed by atoms with Crippen LogP contribution in [0.5, 0.6) is 0 Å². The molecule has 2 rings (SSSR count). The van der Waals surface area contributed by atoms with Crippen LogP contribution in [0, 0.1) is 0 Å². The third-order valence-electron chi connectivity index (χ3n) is 5.13. The summed E-state index contributed by atoms with van der Waals surface area (Å²) in [4.78, 5) is 19.9. The Morgan fingerprint density at radius 2 is 1.91 bits per heavy atom. The van der Waals surface area contributed by atoms with E-state index in [4.69, 9.17) is 0 Å². The first-order valence-electron chi connectivity index (χ1n) is 11.1. The van der Waals surface area contributed by atoms with Gasteiger partial charge in [-0.3, -0.25) is 9.78 Å². The van der Waals surface area contributed by atoms with E-state index in [9.17, 15) is 13.6 Å². The van der Waals surface area contributed by atoms with Crippen LogP contribution in [-0.4, -0.2) is 46.9 Å². The van der Waals surface area contributed by atoms with Gasteiger partial charge in [0.1, 0.15) is 5.69 Å². The zero-order valence-electron chi connectivity index (χ0n) is 19.3. The number of halogens is 2. The summed E-state index contributed by atoms with van der Waals surface area (Å²) in [6.45, 7) is 11.2. The molecule has 0 saturated carbocycles. The molecular formula is C25H34F2N4O. The highest BCUT2D eigenvalue weighted by molar-refractivity contribution is 5.87. The van der Waals surface area contributed by atoms with Crippen molar-refractivity contribution in [2.24, 2.45) is 0 Å². The average molecular weight is 445 g/mol. The molecule has 1 N–H and O–H groups in total. The predicted molar refractivity (Wildman–Crippen MR) is 126 cm³/mol. The summed E-state index contributed by atoms with van der Waals surface area (Å²) in [5.74, 6) is -3.03. The minimum atomic E-state index is -2.97. The molecule has 1 aliphatic heterocycles. The molecule has 1 aliphatic rings. The summed E-state index contributed by atoms with van der Waals surface area (Å²) in [6.07, 6.45) is 13.9. The summed E-state index contributed by atoms with van der Waals surface area (Å²) in [7, 11) is 0. The second-order valence-electron chi connectivity index (χ2n) is 7.76. The molecule has 1 aromatic heterocycles. The van der Waals surface area contributed by atoms with Crippen molar-refractivity contribution in [3.8, 4) is 0 Å². The molecule has 1 fully saturated rings. The largest absolute Gasteiger partial charge is 0.366 e. The van der Waals surface area contributed by atoms with E-state index in [0.29, 0.717) is 31.9 Å². The minimum absolute atomic E-state index is 0.0561. The van der Waals surface area contributed by atoms with Gasteiger partial charge < -0.3 is 15.1 Å². The number of unbranched alkanes of at least 4 members (excludes halogenated alkanes) is 1. The van der Waals surface area contributed by atoms with Crippen LogP contribution in [0.4, 0.5) is 14.5 Å². The molecule has 1 aromatic rings. The topological polar surface area (TPSA) is 48.5 Å². The van der Waals surface area contributed by atoms with E-state index in [-0.39, 0.29) is 11.6 Å². The van der Waals surface area contributed by atoms with Crippen molar-refractivity contribution >= 4 is 11.6 Å². The lowest BCUT2D eigenvalue weighted by Crippen LogP contribution is -2.48. The van der Waals surface area contributed by atoms with Gasteiger partial charge >= 0.3 is 0 Å². The van der Waals surface area contributed by atoms with Crippen molar-refractivity contribution in [3.63, 3.8) is 0 Å². The van der Waals surface area contributed by atoms with Gasteiger partial charge in [-0.05, 0) is 37.1 Å². The number of alkyl halides is 2. The maximum atomic E-state index is 13.5. The lowest BCUT2D eigenvalue weighted by atomic mass is 10.1. The van der Waals surface area contributed by atoms with Gasteiger partial charge in [0, 0.05) is 33.1 Å². The highest BCUT2D eigenvalue weighted by Gasteiger charge is 2.26. The van der Waals surface area contributed by atoms with E-state index in [1.165, 1.54) is 18.3 Å². The van der Waals surface area contributed by atoms with Crippen molar-refractivity contribution in [2.75, 3.05) is 31.5 Å². The number of rotatable bonds is 10. The fourth-order valence-electron chi connectivity index (χ4n) is 3.39. The molecule has 5 nitrogen and oxygen atoms in total. The Balaban J connectivity index is 2.27. The summed E-state index contributed by atoms with van der Waals surface area (Å²) in [5, 5.41) is 3.36. The lowest BCUT2D eigenvalue weighted by Gasteiger charge is -2.37. The second kappa shape index (κ2) is 12.2. The van der Waals surface area contributed by atoms with Crippen LogP contribution >= 0.6 is 0 Å². The van der Waals surface area contributed by atoms with Gasteiger partial charge in [0.2, 0.25) is 5.91 Å². The third kappa shape index (κ3) is 7.32. The number of aromatic nitrogens is 1. The molecule has 0 atom stereocenters. The summed E-state index contributed by atoms with van der Waals surface area (Å²) >= 11 is 0. The van der Waals surface area contributed by atoms with Crippen LogP contribution < -0.4 is 5.32 Å². The molecule has 32 heavy (non-hydrogen) atoms. The quantitative estimate of drug-likeness (QED) is 0.384. The zero-order chi connectivity index (χ0) is 23.6. The fourth-order valence-corrected chi connectivity index (χ4v) is 3.39. The summed E-state index contributed by atoms with van der Waals surface area (Å²) in [5.41, 5.74) is 2.26. The highest BCUT2D eigenvalue weighted by atomic mass is 19.3. The van der Waals surface area contributed by atoms with Gasteiger partial charge in [-0.1, -0.05) is 45.1 Å². The van der Waals surface area contributed by atoms with Crippen LogP contribution in [0.2, 0.25) is 0 Å². The van der Waals surface area contributed by atoms with Gasteiger partial charge in [-0.25, -0.2) is 0 Å². The maximum Gasteiger partial charge on any atom is 0.286 e. The van der Waals surface area contributed by atoms with Gasteiger partial charge in [-0.2, -0.15) is 8.78 Å². The SMILES string of the molecule is C=CC(=O)N1CCN(C(=C/C=C/CCC)/C(=C/CC)Nc2ccc(C(C)(F)F)nc2)CC1. The molecule has 0 aliphatic carbocycles. The Bertz CT molecular complexity index is 846. The van der Waals surface area contributed by atoms with Crippen LogP contribution in [0.25, 0.3) is 0 Å². The van der Waals surface area contributed by atoms with Crippen LogP contribution in [0.15, 0.2) is 66.7 Å². The van der Waals surface area contributed by atoms with E-state index in [1.54, 1.807) is 11.0 Å². The lowest BCUT2D eigenvalue weighted by molar-refractivity contribution is -0.127. The molecular weight excluding hydrogens is 410 g/mol. The first-order valence-corrected chi connectivity index (χ1v) is 11.1. The monoisotopic (exact) mass is 444 g/mol. The first-order chi connectivity index (χ1) is 15.3. The summed E-state index contributed by atoms with van der Waals surface area (Å²) < 4.78 is 27.0. The number of hydrogen-bond donors (Lipinski definition) is 1. The Labute approximate surface area is 190 Å². The minimum Gasteiger partial charge on any atom is -0.366 e. The number of amides is 1. The molecule has 0 bridgehead atoms. The zero-order valence-corrected chi connectivity index (χ0v) is 19.3. The highest BCUT2D eigenvalue weighted by Crippen LogP contribution is 2.27. The summed E-state index contributed by atoms with van der Waals surface area (Å²) in [6, 6.07) is 2.96. The molecule has 1 amide bonds. The molecule has 0 spiro atoms. The number of pyridine rings is 1. The Hall–Kier alpha value is -2.96. The molecule has 0 radical (unpaired) electrons. The van der Waals surface area contributed by atoms with Crippen molar-refractivity contribution in [2.45, 2.75) is 46.0 Å². The Morgan fingerprint density at radius 3 is 2.44 bits per heavy atom. The molecule has 7 heteroatoms. The van der Waals surface area contributed by atoms with Crippen molar-refractivity contribution < 1.29 is 13.6 Å². The van der Waals surface area contributed by atoms with Crippen molar-refractivity contribution in [1.82, 2.24) is 14.8 Å². The fraction of sp³-hybridized carbons (Fsp3) is 0.440. The molecule has 174 valence electrons. The van der Waals surface area contributed by atoms with E-state index < -0.39 is 5.92 Å². The van der Waals surface area contributed by atoms with Gasteiger partial charge in [-0.15, -0.1) is 0 Å². The number of piperazine rings is 1. The molecule has 0 aromatic carbocycles. The number of nitrogens with one attached hydrogen (secondary N) is 1. The van der Waals surface area contributed by atoms with Crippen molar-refractivity contribution in [3.05, 3.63) is 72.4 Å². The van der Waals surface area contributed by atoms with E-state index in [0.717, 1.165) is 37.6 Å². The number of carbonyl (C=O) groups is 1. The second-order valence-corrected chi connectivity index (χ2v) is 7.76. The van der Waals surface area contributed by atoms with Gasteiger partial charge in [0.25, 0.3) is 5.92 Å². The standard InChI is InChI=1S/C25H34F2N4O/c1-5-8-9-10-12-22(30-15-17-31(18-16-30)24(32)7-3)21(11-6-2)29-20-13-14-23(28-19-20)25(4,26)27/h7,9-14,19,29H,3,5-6,8,15-18H2,1-2,4H3/b10-9+,21-11-,22-12+. The number of allylic oxidation sites excluding steroid dienone is 4. The van der Waals surface area contributed by atoms with Crippen LogP contribution in [0.1, 0.15) is 45.7 Å². The predicted octanol–water partition coefficient (Wildman–Crippen LogP) is 5.47. The van der Waals surface area contributed by atoms with Crippen LogP contribution in [-0.2, 0) is 10.7 Å². The average Bonchev–Trinajstić information content (AvgIpc) is 2.78. The Kier molecular flexibility index (Phi) is 9.62. The number of anilines is 1. The number of nitrogens with zero attached hydrogens (tertiary/aromatic N) is 3. The number of carbonyl (C=O) groups excluding carboxylic acids is 1. The van der Waals surface area contributed by atoms with Crippen LogP contribution in [0.3, 0.4) is 0 Å². The van der Waals surface area contributed by atoms with Crippen molar-refractivity contribution in [1.29, 1.82) is 0 Å². The Morgan fingerprint density at radius 1 is 1.22 bits per heavy atom. The van der Waals surface area contributed by atoms with E-state index in [1.807, 2.05) is 13.0 Å². The van der Waals surface area contributed by atoms with Gasteiger partial charge in [0.15, 0.2) is 0 Å². The molecule has 0 unspecified atom stereocenters.